The Kier molecular flexibility index (Phi) is 3.31. The van der Waals surface area contributed by atoms with E-state index < -0.39 is 0 Å². The van der Waals surface area contributed by atoms with Crippen molar-refractivity contribution in [1.29, 1.82) is 0 Å². The SMILES string of the molecule is COC1(C(N)Cc2ccc(C)cc2)CCC1. The van der Waals surface area contributed by atoms with Gasteiger partial charge in [-0.2, -0.15) is 0 Å². The Morgan fingerprint density at radius 2 is 1.94 bits per heavy atom. The molecule has 2 rings (SSSR count). The minimum atomic E-state index is -0.0507. The topological polar surface area (TPSA) is 35.2 Å². The van der Waals surface area contributed by atoms with Gasteiger partial charge in [0.25, 0.3) is 0 Å². The molecule has 0 aliphatic heterocycles. The maximum Gasteiger partial charge on any atom is 0.0832 e. The molecule has 1 aliphatic rings. The third kappa shape index (κ3) is 2.13. The smallest absolute Gasteiger partial charge is 0.0832 e. The van der Waals surface area contributed by atoms with E-state index in [9.17, 15) is 0 Å². The Morgan fingerprint density at radius 3 is 2.38 bits per heavy atom. The lowest BCUT2D eigenvalue weighted by Gasteiger charge is -2.45. The molecule has 0 amide bonds. The summed E-state index contributed by atoms with van der Waals surface area (Å²) >= 11 is 0. The summed E-state index contributed by atoms with van der Waals surface area (Å²) in [4.78, 5) is 0. The predicted molar refractivity (Wildman–Crippen MR) is 66.4 cm³/mol. The van der Waals surface area contributed by atoms with E-state index in [1.54, 1.807) is 7.11 Å². The summed E-state index contributed by atoms with van der Waals surface area (Å²) in [5.41, 5.74) is 8.82. The first-order chi connectivity index (χ1) is 7.66. The van der Waals surface area contributed by atoms with Crippen LogP contribution in [0.4, 0.5) is 0 Å². The molecular weight excluding hydrogens is 198 g/mol. The van der Waals surface area contributed by atoms with E-state index in [1.807, 2.05) is 0 Å². The van der Waals surface area contributed by atoms with Crippen molar-refractivity contribution in [2.75, 3.05) is 7.11 Å². The zero-order valence-electron chi connectivity index (χ0n) is 10.2. The van der Waals surface area contributed by atoms with Crippen molar-refractivity contribution in [2.24, 2.45) is 5.73 Å². The summed E-state index contributed by atoms with van der Waals surface area (Å²) in [7, 11) is 1.79. The molecule has 0 saturated heterocycles. The van der Waals surface area contributed by atoms with E-state index in [4.69, 9.17) is 10.5 Å². The number of methoxy groups -OCH3 is 1. The van der Waals surface area contributed by atoms with Gasteiger partial charge in [0, 0.05) is 13.2 Å². The summed E-state index contributed by atoms with van der Waals surface area (Å²) in [5, 5.41) is 0. The molecule has 0 spiro atoms. The lowest BCUT2D eigenvalue weighted by Crippen LogP contribution is -2.55. The summed E-state index contributed by atoms with van der Waals surface area (Å²) in [6.07, 6.45) is 4.37. The van der Waals surface area contributed by atoms with Crippen molar-refractivity contribution in [3.8, 4) is 0 Å². The third-order valence-electron chi connectivity index (χ3n) is 3.86. The Labute approximate surface area is 97.8 Å². The molecule has 2 heteroatoms. The molecule has 2 N–H and O–H groups in total. The molecule has 1 saturated carbocycles. The first kappa shape index (κ1) is 11.6. The number of aryl methyl sites for hydroxylation is 1. The van der Waals surface area contributed by atoms with Crippen LogP contribution in [0.5, 0.6) is 0 Å². The largest absolute Gasteiger partial charge is 0.377 e. The van der Waals surface area contributed by atoms with Gasteiger partial charge in [0.2, 0.25) is 0 Å². The average Bonchev–Trinajstić information content (AvgIpc) is 2.21. The monoisotopic (exact) mass is 219 g/mol. The van der Waals surface area contributed by atoms with E-state index in [0.29, 0.717) is 0 Å². The van der Waals surface area contributed by atoms with Gasteiger partial charge in [0.05, 0.1) is 5.60 Å². The third-order valence-corrected chi connectivity index (χ3v) is 3.86. The lowest BCUT2D eigenvalue weighted by atomic mass is 9.73. The van der Waals surface area contributed by atoms with Crippen molar-refractivity contribution < 1.29 is 4.74 Å². The van der Waals surface area contributed by atoms with Gasteiger partial charge in [-0.3, -0.25) is 0 Å². The van der Waals surface area contributed by atoms with Gasteiger partial charge < -0.3 is 10.5 Å². The van der Waals surface area contributed by atoms with E-state index in [-0.39, 0.29) is 11.6 Å². The highest BCUT2D eigenvalue weighted by Gasteiger charge is 2.42. The van der Waals surface area contributed by atoms with Crippen molar-refractivity contribution in [3.05, 3.63) is 35.4 Å². The molecule has 1 aliphatic carbocycles. The molecule has 2 nitrogen and oxygen atoms in total. The van der Waals surface area contributed by atoms with Crippen molar-refractivity contribution in [1.82, 2.24) is 0 Å². The normalized spacial score (nSPS) is 20.2. The van der Waals surface area contributed by atoms with Crippen molar-refractivity contribution >= 4 is 0 Å². The zero-order chi connectivity index (χ0) is 11.6. The number of hydrogen-bond donors (Lipinski definition) is 1. The number of benzene rings is 1. The minimum Gasteiger partial charge on any atom is -0.377 e. The fourth-order valence-corrected chi connectivity index (χ4v) is 2.42. The number of hydrogen-bond acceptors (Lipinski definition) is 2. The highest BCUT2D eigenvalue weighted by molar-refractivity contribution is 5.23. The molecule has 1 aromatic rings. The van der Waals surface area contributed by atoms with Crippen molar-refractivity contribution in [2.45, 2.75) is 44.2 Å². The molecule has 1 unspecified atom stereocenters. The lowest BCUT2D eigenvalue weighted by molar-refractivity contribution is -0.0897. The standard InChI is InChI=1S/C14H21NO/c1-11-4-6-12(7-5-11)10-13(15)14(16-2)8-3-9-14/h4-7,13H,3,8-10,15H2,1-2H3. The van der Waals surface area contributed by atoms with E-state index in [0.717, 1.165) is 19.3 Å². The molecule has 0 aromatic heterocycles. The fraction of sp³-hybridized carbons (Fsp3) is 0.571. The Bertz CT molecular complexity index is 335. The number of ether oxygens (including phenoxy) is 1. The Balaban J connectivity index is 2.01. The van der Waals surface area contributed by atoms with E-state index in [2.05, 4.69) is 31.2 Å². The molecule has 16 heavy (non-hydrogen) atoms. The zero-order valence-corrected chi connectivity index (χ0v) is 10.2. The van der Waals surface area contributed by atoms with Gasteiger partial charge in [-0.25, -0.2) is 0 Å². The summed E-state index contributed by atoms with van der Waals surface area (Å²) < 4.78 is 5.61. The van der Waals surface area contributed by atoms with E-state index in [1.165, 1.54) is 17.5 Å². The predicted octanol–water partition coefficient (Wildman–Crippen LogP) is 2.43. The molecule has 0 bridgehead atoms. The van der Waals surface area contributed by atoms with Crippen molar-refractivity contribution in [3.63, 3.8) is 0 Å². The van der Waals surface area contributed by atoms with Crippen LogP contribution in [0.25, 0.3) is 0 Å². The highest BCUT2D eigenvalue weighted by atomic mass is 16.5. The number of rotatable bonds is 4. The van der Waals surface area contributed by atoms with Gasteiger partial charge in [-0.15, -0.1) is 0 Å². The second-order valence-electron chi connectivity index (χ2n) is 4.92. The molecule has 0 heterocycles. The maximum absolute atomic E-state index is 6.27. The van der Waals surface area contributed by atoms with Crippen LogP contribution in [0.2, 0.25) is 0 Å². The van der Waals surface area contributed by atoms with Crippen LogP contribution in [-0.2, 0) is 11.2 Å². The Hall–Kier alpha value is -0.860. The van der Waals surface area contributed by atoms with Crippen LogP contribution in [0, 0.1) is 6.92 Å². The first-order valence-electron chi connectivity index (χ1n) is 6.02. The number of nitrogens with two attached hydrogens (primary N) is 1. The van der Waals surface area contributed by atoms with Crippen LogP contribution < -0.4 is 5.73 Å². The second-order valence-corrected chi connectivity index (χ2v) is 4.92. The van der Waals surface area contributed by atoms with Gasteiger partial charge in [0.15, 0.2) is 0 Å². The van der Waals surface area contributed by atoms with Crippen LogP contribution in [0.15, 0.2) is 24.3 Å². The fourth-order valence-electron chi connectivity index (χ4n) is 2.42. The maximum atomic E-state index is 6.27. The van der Waals surface area contributed by atoms with Crippen LogP contribution >= 0.6 is 0 Å². The highest BCUT2D eigenvalue weighted by Crippen LogP contribution is 2.38. The first-order valence-corrected chi connectivity index (χ1v) is 6.02. The van der Waals surface area contributed by atoms with E-state index >= 15 is 0 Å². The molecule has 1 atom stereocenters. The molecule has 1 aromatic carbocycles. The van der Waals surface area contributed by atoms with Gasteiger partial charge in [-0.05, 0) is 38.2 Å². The van der Waals surface area contributed by atoms with Gasteiger partial charge in [0.1, 0.15) is 0 Å². The molecule has 0 radical (unpaired) electrons. The summed E-state index contributed by atoms with van der Waals surface area (Å²) in [5.74, 6) is 0. The Morgan fingerprint density at radius 1 is 1.31 bits per heavy atom. The van der Waals surface area contributed by atoms with Crippen LogP contribution in [0.1, 0.15) is 30.4 Å². The second kappa shape index (κ2) is 4.56. The average molecular weight is 219 g/mol. The minimum absolute atomic E-state index is 0.0507. The van der Waals surface area contributed by atoms with Gasteiger partial charge >= 0.3 is 0 Å². The van der Waals surface area contributed by atoms with Crippen LogP contribution in [-0.4, -0.2) is 18.8 Å². The molecule has 1 fully saturated rings. The summed E-state index contributed by atoms with van der Waals surface area (Å²) in [6.45, 7) is 2.10. The quantitative estimate of drug-likeness (QED) is 0.844. The molecular formula is C14H21NO. The summed E-state index contributed by atoms with van der Waals surface area (Å²) in [6, 6.07) is 8.73. The van der Waals surface area contributed by atoms with Crippen LogP contribution in [0.3, 0.4) is 0 Å². The molecule has 88 valence electrons. The van der Waals surface area contributed by atoms with Gasteiger partial charge in [-0.1, -0.05) is 29.8 Å².